The minimum Gasteiger partial charge on any atom is -0.493 e. The van der Waals surface area contributed by atoms with Gasteiger partial charge in [0, 0.05) is 36.2 Å². The second kappa shape index (κ2) is 8.48. The highest BCUT2D eigenvalue weighted by molar-refractivity contribution is 5.98. The van der Waals surface area contributed by atoms with Gasteiger partial charge in [0.1, 0.15) is 11.6 Å². The third-order valence-electron chi connectivity index (χ3n) is 4.95. The predicted octanol–water partition coefficient (Wildman–Crippen LogP) is 4.08. The molecule has 2 aromatic rings. The van der Waals surface area contributed by atoms with Crippen molar-refractivity contribution < 1.29 is 23.0 Å². The molecule has 3 rings (SSSR count). The van der Waals surface area contributed by atoms with Gasteiger partial charge in [-0.2, -0.15) is 0 Å². The molecule has 0 radical (unpaired) electrons. The van der Waals surface area contributed by atoms with E-state index in [0.29, 0.717) is 35.7 Å². The van der Waals surface area contributed by atoms with E-state index in [0.717, 1.165) is 25.5 Å². The summed E-state index contributed by atoms with van der Waals surface area (Å²) < 4.78 is 37.5. The van der Waals surface area contributed by atoms with Crippen molar-refractivity contribution in [2.45, 2.75) is 19.4 Å². The summed E-state index contributed by atoms with van der Waals surface area (Å²) in [7, 11) is 3.08. The summed E-state index contributed by atoms with van der Waals surface area (Å²) in [6.45, 7) is 1.69. The van der Waals surface area contributed by atoms with Gasteiger partial charge in [0.25, 0.3) is 0 Å². The van der Waals surface area contributed by atoms with Gasteiger partial charge in [-0.15, -0.1) is 0 Å². The molecule has 1 fully saturated rings. The van der Waals surface area contributed by atoms with E-state index in [1.807, 2.05) is 4.90 Å². The number of carbonyl (C=O) groups excluding carboxylic acids is 1. The quantitative estimate of drug-likeness (QED) is 0.714. The summed E-state index contributed by atoms with van der Waals surface area (Å²) in [6, 6.07) is 8.77. The molecule has 1 aliphatic rings. The van der Waals surface area contributed by atoms with Crippen LogP contribution in [0.5, 0.6) is 11.5 Å². The Morgan fingerprint density at radius 2 is 1.89 bits per heavy atom. The monoisotopic (exact) mass is 375 g/mol. The molecule has 27 heavy (non-hydrogen) atoms. The fourth-order valence-electron chi connectivity index (χ4n) is 3.53. The maximum absolute atomic E-state index is 13.9. The smallest absolute Gasteiger partial charge is 0.167 e. The van der Waals surface area contributed by atoms with E-state index in [2.05, 4.69) is 0 Å². The number of hydrogen-bond acceptors (Lipinski definition) is 4. The van der Waals surface area contributed by atoms with E-state index < -0.39 is 11.6 Å². The number of ketones is 1. The summed E-state index contributed by atoms with van der Waals surface area (Å²) in [6.07, 6.45) is 1.64. The Morgan fingerprint density at radius 1 is 1.11 bits per heavy atom. The zero-order valence-electron chi connectivity index (χ0n) is 15.5. The van der Waals surface area contributed by atoms with Gasteiger partial charge in [-0.25, -0.2) is 8.78 Å². The Morgan fingerprint density at radius 3 is 2.59 bits per heavy atom. The van der Waals surface area contributed by atoms with Crippen molar-refractivity contribution in [1.29, 1.82) is 0 Å². The molecule has 1 heterocycles. The summed E-state index contributed by atoms with van der Waals surface area (Å²) in [5, 5.41) is 0. The minimum absolute atomic E-state index is 0.0419. The van der Waals surface area contributed by atoms with Gasteiger partial charge in [0.2, 0.25) is 0 Å². The fourth-order valence-corrected chi connectivity index (χ4v) is 3.53. The van der Waals surface area contributed by atoms with Crippen molar-refractivity contribution in [2.24, 2.45) is 5.92 Å². The summed E-state index contributed by atoms with van der Waals surface area (Å²) in [5.74, 6) is -0.171. The maximum atomic E-state index is 13.9. The van der Waals surface area contributed by atoms with Gasteiger partial charge < -0.3 is 9.47 Å². The molecule has 0 aromatic heterocycles. The Hall–Kier alpha value is -2.47. The number of piperidine rings is 1. The lowest BCUT2D eigenvalue weighted by Gasteiger charge is -2.32. The van der Waals surface area contributed by atoms with Crippen LogP contribution in [0.25, 0.3) is 0 Å². The summed E-state index contributed by atoms with van der Waals surface area (Å²) in [5.41, 5.74) is 1.02. The van der Waals surface area contributed by atoms with Gasteiger partial charge in [-0.3, -0.25) is 9.69 Å². The molecule has 6 heteroatoms. The topological polar surface area (TPSA) is 38.8 Å². The van der Waals surface area contributed by atoms with Crippen LogP contribution in [0.4, 0.5) is 8.78 Å². The highest BCUT2D eigenvalue weighted by atomic mass is 19.1. The molecule has 0 spiro atoms. The molecule has 0 unspecified atom stereocenters. The van der Waals surface area contributed by atoms with Gasteiger partial charge in [-0.1, -0.05) is 6.07 Å². The molecule has 1 atom stereocenters. The van der Waals surface area contributed by atoms with Crippen LogP contribution >= 0.6 is 0 Å². The molecule has 0 amide bonds. The first-order valence-electron chi connectivity index (χ1n) is 8.94. The lowest BCUT2D eigenvalue weighted by Crippen LogP contribution is -2.38. The number of rotatable bonds is 6. The van der Waals surface area contributed by atoms with E-state index in [9.17, 15) is 13.6 Å². The molecular weight excluding hydrogens is 352 g/mol. The number of nitrogens with zero attached hydrogens (tertiary/aromatic N) is 1. The Balaban J connectivity index is 1.71. The number of hydrogen-bond donors (Lipinski definition) is 0. The average molecular weight is 375 g/mol. The second-order valence-electron chi connectivity index (χ2n) is 6.74. The molecule has 0 aliphatic carbocycles. The van der Waals surface area contributed by atoms with Crippen LogP contribution in [0.15, 0.2) is 36.4 Å². The SMILES string of the molecule is COc1ccc(C(=O)[C@H]2CCCN(Cc3ccc(F)cc3F)C2)cc1OC. The van der Waals surface area contributed by atoms with E-state index in [1.54, 1.807) is 25.3 Å². The van der Waals surface area contributed by atoms with Crippen LogP contribution in [0, 0.1) is 17.6 Å². The molecule has 4 nitrogen and oxygen atoms in total. The van der Waals surface area contributed by atoms with E-state index in [-0.39, 0.29) is 11.7 Å². The predicted molar refractivity (Wildman–Crippen MR) is 98.2 cm³/mol. The number of ether oxygens (including phenoxy) is 2. The van der Waals surface area contributed by atoms with Crippen LogP contribution in [-0.4, -0.2) is 38.0 Å². The number of likely N-dealkylation sites (tertiary alicyclic amines) is 1. The first-order chi connectivity index (χ1) is 13.0. The first-order valence-corrected chi connectivity index (χ1v) is 8.94. The van der Waals surface area contributed by atoms with Gasteiger partial charge in [0.05, 0.1) is 14.2 Å². The van der Waals surface area contributed by atoms with Crippen molar-refractivity contribution in [2.75, 3.05) is 27.3 Å². The van der Waals surface area contributed by atoms with Crippen molar-refractivity contribution >= 4 is 5.78 Å². The van der Waals surface area contributed by atoms with Gasteiger partial charge in [-0.05, 0) is 43.7 Å². The zero-order valence-corrected chi connectivity index (χ0v) is 15.5. The molecule has 1 saturated heterocycles. The second-order valence-corrected chi connectivity index (χ2v) is 6.74. The molecule has 2 aromatic carbocycles. The van der Waals surface area contributed by atoms with E-state index in [1.165, 1.54) is 19.2 Å². The van der Waals surface area contributed by atoms with Crippen molar-refractivity contribution in [3.63, 3.8) is 0 Å². The first kappa shape index (κ1) is 19.3. The van der Waals surface area contributed by atoms with Crippen LogP contribution in [0.3, 0.4) is 0 Å². The number of methoxy groups -OCH3 is 2. The maximum Gasteiger partial charge on any atom is 0.167 e. The van der Waals surface area contributed by atoms with E-state index in [4.69, 9.17) is 9.47 Å². The third-order valence-corrected chi connectivity index (χ3v) is 4.95. The Labute approximate surface area is 157 Å². The van der Waals surface area contributed by atoms with Gasteiger partial charge in [0.15, 0.2) is 17.3 Å². The number of Topliss-reactive ketones (excluding diaryl/α,β-unsaturated/α-hetero) is 1. The minimum atomic E-state index is -0.587. The fraction of sp³-hybridized carbons (Fsp3) is 0.381. The molecular formula is C21H23F2NO3. The standard InChI is InChI=1S/C21H23F2NO3/c1-26-19-8-6-14(10-20(19)27-2)21(25)16-4-3-9-24(13-16)12-15-5-7-17(22)11-18(15)23/h5-8,10-11,16H,3-4,9,12-13H2,1-2H3/t16-/m0/s1. The lowest BCUT2D eigenvalue weighted by atomic mass is 9.89. The zero-order chi connectivity index (χ0) is 19.4. The Kier molecular flexibility index (Phi) is 6.06. The number of benzene rings is 2. The van der Waals surface area contributed by atoms with Crippen LogP contribution in [-0.2, 0) is 6.54 Å². The summed E-state index contributed by atoms with van der Waals surface area (Å²) in [4.78, 5) is 15.0. The van der Waals surface area contributed by atoms with Crippen molar-refractivity contribution in [3.05, 3.63) is 59.2 Å². The normalized spacial score (nSPS) is 17.6. The summed E-state index contributed by atoms with van der Waals surface area (Å²) >= 11 is 0. The van der Waals surface area contributed by atoms with Crippen molar-refractivity contribution in [1.82, 2.24) is 4.90 Å². The van der Waals surface area contributed by atoms with Crippen molar-refractivity contribution in [3.8, 4) is 11.5 Å². The highest BCUT2D eigenvalue weighted by Crippen LogP contribution is 2.30. The average Bonchev–Trinajstić information content (AvgIpc) is 2.69. The van der Waals surface area contributed by atoms with Gasteiger partial charge >= 0.3 is 0 Å². The number of carbonyl (C=O) groups is 1. The largest absolute Gasteiger partial charge is 0.493 e. The Bertz CT molecular complexity index is 825. The van der Waals surface area contributed by atoms with Crippen LogP contribution in [0.2, 0.25) is 0 Å². The van der Waals surface area contributed by atoms with E-state index >= 15 is 0 Å². The molecule has 0 N–H and O–H groups in total. The molecule has 0 saturated carbocycles. The molecule has 1 aliphatic heterocycles. The third kappa shape index (κ3) is 4.45. The van der Waals surface area contributed by atoms with Crippen LogP contribution < -0.4 is 9.47 Å². The van der Waals surface area contributed by atoms with Crippen LogP contribution in [0.1, 0.15) is 28.8 Å². The lowest BCUT2D eigenvalue weighted by molar-refractivity contribution is 0.0810. The molecule has 144 valence electrons. The highest BCUT2D eigenvalue weighted by Gasteiger charge is 2.27. The molecule has 0 bridgehead atoms. The number of halogens is 2.